The van der Waals surface area contributed by atoms with Crippen LogP contribution in [0, 0.1) is 18.7 Å². The van der Waals surface area contributed by atoms with E-state index in [1.807, 2.05) is 32.8 Å². The standard InChI is InChI=1S/C57H76FN13O12S/c1-10-57(79)41-23-46-51-39(28-71(46)54(77)40(41)30-83-55(57)78)37(38-22-35(6)42(58)24-44(38)63-51)18-21-70(34(4)5)49(74)31-82-32-62-48(73)27-59-52(75)43(16-13-15-19-68(7)8)64-53(76)50(33(2)3)65-47(72)17-12-11-14-20-69-29-45(66-67-69)36-25-60-56(61-26-36)84(9,80)81/h22-26,29,33-34,43,50,79H,10-21,27-28,30-32H2,1-9H3,(H,59,75)(H,62,73)(H,64,76)(H,65,72)/t43-,50-,57-/m0/s1. The Morgan fingerprint density at radius 3 is 2.35 bits per heavy atom. The summed E-state index contributed by atoms with van der Waals surface area (Å²) in [6.45, 7) is 10.5. The van der Waals surface area contributed by atoms with Gasteiger partial charge in [0.15, 0.2) is 5.60 Å². The molecule has 3 atom stereocenters. The van der Waals surface area contributed by atoms with Gasteiger partial charge >= 0.3 is 5.97 Å². The zero-order chi connectivity index (χ0) is 61.2. The molecule has 0 radical (unpaired) electrons. The van der Waals surface area contributed by atoms with Crippen LogP contribution < -0.4 is 26.8 Å². The van der Waals surface area contributed by atoms with E-state index in [1.165, 1.54) is 23.0 Å². The van der Waals surface area contributed by atoms with E-state index in [4.69, 9.17) is 14.5 Å². The lowest BCUT2D eigenvalue weighted by Gasteiger charge is -2.31. The quantitative estimate of drug-likeness (QED) is 0.0195. The number of esters is 1. The fraction of sp³-hybridized carbons (Fsp3) is 0.544. The number of nitrogens with zero attached hydrogens (tertiary/aromatic N) is 9. The molecule has 6 heterocycles. The third kappa shape index (κ3) is 15.4. The Morgan fingerprint density at radius 1 is 0.929 bits per heavy atom. The first-order valence-corrected chi connectivity index (χ1v) is 30.1. The number of halogens is 1. The van der Waals surface area contributed by atoms with E-state index in [0.29, 0.717) is 76.9 Å². The van der Waals surface area contributed by atoms with Crippen molar-refractivity contribution >= 4 is 56.2 Å². The van der Waals surface area contributed by atoms with Crippen molar-refractivity contribution in [2.45, 2.75) is 148 Å². The predicted octanol–water partition coefficient (Wildman–Crippen LogP) is 2.58. The lowest BCUT2D eigenvalue weighted by Crippen LogP contribution is -2.56. The molecule has 0 saturated carbocycles. The summed E-state index contributed by atoms with van der Waals surface area (Å²) >= 11 is 0. The zero-order valence-electron chi connectivity index (χ0n) is 49.0. The Bertz CT molecular complexity index is 3440. The van der Waals surface area contributed by atoms with Gasteiger partial charge in [-0.05, 0) is 116 Å². The van der Waals surface area contributed by atoms with E-state index < -0.39 is 81.6 Å². The summed E-state index contributed by atoms with van der Waals surface area (Å²) in [4.78, 5) is 110. The van der Waals surface area contributed by atoms with Crippen LogP contribution in [-0.2, 0) is 79.8 Å². The summed E-state index contributed by atoms with van der Waals surface area (Å²) in [5, 5.41) is 30.7. The van der Waals surface area contributed by atoms with Gasteiger partial charge in [-0.25, -0.2) is 32.6 Å². The van der Waals surface area contributed by atoms with E-state index in [0.717, 1.165) is 24.8 Å². The molecule has 2 aliphatic rings. The van der Waals surface area contributed by atoms with Crippen molar-refractivity contribution < 1.29 is 56.2 Å². The van der Waals surface area contributed by atoms with Crippen LogP contribution in [0.3, 0.4) is 0 Å². The highest BCUT2D eigenvalue weighted by molar-refractivity contribution is 7.90. The Labute approximate surface area is 486 Å². The van der Waals surface area contributed by atoms with Gasteiger partial charge in [0.2, 0.25) is 44.5 Å². The number of rotatable bonds is 29. The van der Waals surface area contributed by atoms with Gasteiger partial charge in [-0.1, -0.05) is 32.4 Å². The molecule has 0 spiro atoms. The Balaban J connectivity index is 0.888. The van der Waals surface area contributed by atoms with Crippen LogP contribution in [0.4, 0.5) is 4.39 Å². The maximum absolute atomic E-state index is 15.1. The highest BCUT2D eigenvalue weighted by Crippen LogP contribution is 2.41. The predicted molar refractivity (Wildman–Crippen MR) is 305 cm³/mol. The number of fused-ring (bicyclic) bond motifs is 5. The number of aromatic nitrogens is 7. The molecule has 5 aromatic rings. The van der Waals surface area contributed by atoms with Gasteiger partial charge in [0, 0.05) is 72.3 Å². The number of sulfone groups is 1. The van der Waals surface area contributed by atoms with Gasteiger partial charge in [0.25, 0.3) is 5.56 Å². The molecular weight excluding hydrogens is 1110 g/mol. The lowest BCUT2D eigenvalue weighted by atomic mass is 9.86. The number of amides is 5. The third-order valence-electron chi connectivity index (χ3n) is 15.0. The molecule has 0 saturated heterocycles. The first-order chi connectivity index (χ1) is 39.8. The summed E-state index contributed by atoms with van der Waals surface area (Å²) in [6.07, 6.45) is 9.25. The van der Waals surface area contributed by atoms with Gasteiger partial charge in [-0.15, -0.1) is 5.10 Å². The summed E-state index contributed by atoms with van der Waals surface area (Å²) in [5.41, 5.74) is 1.69. The van der Waals surface area contributed by atoms with Crippen molar-refractivity contribution in [1.29, 1.82) is 0 Å². The monoisotopic (exact) mass is 1190 g/mol. The molecular formula is C57H76FN13O12S. The SMILES string of the molecule is CC[C@@]1(O)C(=O)OCc2c1cc1n(c2=O)Cc2c-1nc1cc(F)c(C)cc1c2CCN(C(=O)COCNC(=O)CNC(=O)[C@H](CCCCN(C)C)NC(=O)[C@@H](NC(=O)CCCCCn1cc(-c2cnc(S(C)(=O)=O)nc2)nn1)C(C)C)C(C)C. The summed E-state index contributed by atoms with van der Waals surface area (Å²) < 4.78 is 52.5. The van der Waals surface area contributed by atoms with Gasteiger partial charge in [-0.2, -0.15) is 0 Å². The second-order valence-electron chi connectivity index (χ2n) is 22.2. The van der Waals surface area contributed by atoms with Gasteiger partial charge in [0.05, 0.1) is 41.8 Å². The van der Waals surface area contributed by atoms with E-state index in [9.17, 15) is 47.1 Å². The van der Waals surface area contributed by atoms with Crippen LogP contribution in [0.5, 0.6) is 0 Å². The van der Waals surface area contributed by atoms with Crippen LogP contribution in [0.15, 0.2) is 46.7 Å². The minimum absolute atomic E-state index is 0.0349. The number of hydrogen-bond donors (Lipinski definition) is 5. The van der Waals surface area contributed by atoms with E-state index in [1.54, 1.807) is 55.6 Å². The fourth-order valence-electron chi connectivity index (χ4n) is 10.2. The van der Waals surface area contributed by atoms with Crippen LogP contribution in [0.1, 0.15) is 114 Å². The molecule has 2 aliphatic heterocycles. The molecule has 0 fully saturated rings. The van der Waals surface area contributed by atoms with Crippen LogP contribution in [-0.4, -0.2) is 165 Å². The maximum Gasteiger partial charge on any atom is 0.343 e. The number of aryl methyl sites for hydroxylation is 2. The molecule has 7 rings (SSSR count). The van der Waals surface area contributed by atoms with Gasteiger partial charge in [-0.3, -0.25) is 33.4 Å². The smallest absolute Gasteiger partial charge is 0.343 e. The number of nitrogens with one attached hydrogen (secondary N) is 4. The minimum Gasteiger partial charge on any atom is -0.458 e. The van der Waals surface area contributed by atoms with Crippen molar-refractivity contribution in [1.82, 2.24) is 65.6 Å². The molecule has 84 heavy (non-hydrogen) atoms. The number of aliphatic hydroxyl groups is 1. The van der Waals surface area contributed by atoms with Gasteiger partial charge < -0.3 is 50.2 Å². The third-order valence-corrected chi connectivity index (χ3v) is 15.9. The minimum atomic E-state index is -3.55. The average molecular weight is 1190 g/mol. The molecule has 5 N–H and O–H groups in total. The Hall–Kier alpha value is -7.62. The van der Waals surface area contributed by atoms with E-state index >= 15 is 4.39 Å². The number of cyclic esters (lactones) is 1. The lowest BCUT2D eigenvalue weighted by molar-refractivity contribution is -0.172. The van der Waals surface area contributed by atoms with Crippen LogP contribution in [0.2, 0.25) is 0 Å². The number of pyridine rings is 2. The summed E-state index contributed by atoms with van der Waals surface area (Å²) in [6, 6.07) is 2.32. The highest BCUT2D eigenvalue weighted by Gasteiger charge is 2.45. The first kappa shape index (κ1) is 64.0. The normalized spacial score (nSPS) is 15.3. The van der Waals surface area contributed by atoms with Crippen molar-refractivity contribution in [3.8, 4) is 22.6 Å². The first-order valence-electron chi connectivity index (χ1n) is 28.2. The number of benzene rings is 1. The molecule has 0 aliphatic carbocycles. The fourth-order valence-corrected chi connectivity index (χ4v) is 10.7. The molecule has 4 aromatic heterocycles. The van der Waals surface area contributed by atoms with Crippen molar-refractivity contribution in [2.24, 2.45) is 5.92 Å². The Morgan fingerprint density at radius 2 is 1.67 bits per heavy atom. The molecule has 0 unspecified atom stereocenters. The number of unbranched alkanes of at least 4 members (excludes halogenated alkanes) is 3. The van der Waals surface area contributed by atoms with Gasteiger partial charge in [0.1, 0.15) is 43.5 Å². The summed E-state index contributed by atoms with van der Waals surface area (Å²) in [7, 11) is 0.302. The zero-order valence-corrected chi connectivity index (χ0v) is 49.9. The van der Waals surface area contributed by atoms with Crippen molar-refractivity contribution in [3.05, 3.63) is 80.8 Å². The maximum atomic E-state index is 15.1. The highest BCUT2D eigenvalue weighted by atomic mass is 32.2. The average Bonchev–Trinajstić information content (AvgIpc) is 1.72. The second-order valence-corrected chi connectivity index (χ2v) is 24.1. The largest absolute Gasteiger partial charge is 0.458 e. The second kappa shape index (κ2) is 27.8. The van der Waals surface area contributed by atoms with Crippen molar-refractivity contribution in [3.63, 3.8) is 0 Å². The number of hydrogen-bond acceptors (Lipinski definition) is 18. The van der Waals surface area contributed by atoms with Crippen molar-refractivity contribution in [2.75, 3.05) is 53.3 Å². The van der Waals surface area contributed by atoms with E-state index in [-0.39, 0.29) is 86.3 Å². The molecule has 0 bridgehead atoms. The molecule has 25 nitrogen and oxygen atoms in total. The van der Waals surface area contributed by atoms with E-state index in [2.05, 4.69) is 41.5 Å². The molecule has 454 valence electrons. The molecule has 5 amide bonds. The van der Waals surface area contributed by atoms with Crippen LogP contribution in [0.25, 0.3) is 33.5 Å². The Kier molecular flexibility index (Phi) is 21.2. The number of carbonyl (C=O) groups is 6. The van der Waals surface area contributed by atoms with Crippen LogP contribution >= 0.6 is 0 Å². The molecule has 27 heteroatoms. The summed E-state index contributed by atoms with van der Waals surface area (Å²) in [5.74, 6) is -4.16. The number of carbonyl (C=O) groups excluding carboxylic acids is 6. The molecule has 1 aromatic carbocycles. The topological polar surface area (TPSA) is 321 Å². The number of ether oxygens (including phenoxy) is 2.